The van der Waals surface area contributed by atoms with Gasteiger partial charge in [-0.25, -0.2) is 0 Å². The van der Waals surface area contributed by atoms with Gasteiger partial charge in [0.25, 0.3) is 11.7 Å². The molecule has 6 nitrogen and oxygen atoms in total. The summed E-state index contributed by atoms with van der Waals surface area (Å²) in [7, 11) is 1.59. The first-order valence-corrected chi connectivity index (χ1v) is 11.2. The second-order valence-electron chi connectivity index (χ2n) is 8.75. The summed E-state index contributed by atoms with van der Waals surface area (Å²) in [6.07, 6.45) is 1.61. The van der Waals surface area contributed by atoms with Crippen LogP contribution in [0.4, 0.5) is 5.69 Å². The molecule has 1 fully saturated rings. The molecule has 174 valence electrons. The fourth-order valence-electron chi connectivity index (χ4n) is 4.38. The molecule has 0 saturated carbocycles. The van der Waals surface area contributed by atoms with E-state index in [1.807, 2.05) is 45.9 Å². The van der Waals surface area contributed by atoms with Crippen LogP contribution in [0.25, 0.3) is 5.76 Å². The van der Waals surface area contributed by atoms with Crippen LogP contribution in [0.1, 0.15) is 53.8 Å². The van der Waals surface area contributed by atoms with E-state index in [9.17, 15) is 14.7 Å². The number of aryl methyl sites for hydroxylation is 1. The second kappa shape index (κ2) is 9.14. The Balaban J connectivity index is 1.97. The maximum Gasteiger partial charge on any atom is 0.300 e. The number of aliphatic hydroxyl groups excluding tert-OH is 1. The Morgan fingerprint density at radius 3 is 2.47 bits per heavy atom. The lowest BCUT2D eigenvalue weighted by molar-refractivity contribution is -0.132. The predicted octanol–water partition coefficient (Wildman–Crippen LogP) is 5.46. The van der Waals surface area contributed by atoms with Crippen LogP contribution in [-0.2, 0) is 9.59 Å². The van der Waals surface area contributed by atoms with Crippen molar-refractivity contribution in [2.45, 2.75) is 39.7 Å². The fraction of sp³-hybridized carbons (Fsp3) is 0.250. The van der Waals surface area contributed by atoms with Crippen molar-refractivity contribution in [1.29, 1.82) is 0 Å². The van der Waals surface area contributed by atoms with Crippen LogP contribution in [0.3, 0.4) is 0 Å². The highest BCUT2D eigenvalue weighted by Crippen LogP contribution is 2.43. The summed E-state index contributed by atoms with van der Waals surface area (Å²) in [6.45, 7) is 7.91. The number of ether oxygens (including phenoxy) is 1. The minimum Gasteiger partial charge on any atom is -0.507 e. The van der Waals surface area contributed by atoms with Crippen molar-refractivity contribution in [1.82, 2.24) is 4.98 Å². The van der Waals surface area contributed by atoms with E-state index in [0.717, 1.165) is 16.7 Å². The Morgan fingerprint density at radius 2 is 1.82 bits per heavy atom. The lowest BCUT2D eigenvalue weighted by Gasteiger charge is -2.26. The highest BCUT2D eigenvalue weighted by Gasteiger charge is 2.48. The SMILES string of the molecule is COc1ccc(/C(O)=C2\C(=O)C(=O)N(c3cccc(C)c3C)C2c2ccccn2)cc1C(C)C. The van der Waals surface area contributed by atoms with Gasteiger partial charge in [-0.3, -0.25) is 19.5 Å². The monoisotopic (exact) mass is 456 g/mol. The van der Waals surface area contributed by atoms with Gasteiger partial charge in [0, 0.05) is 17.4 Å². The van der Waals surface area contributed by atoms with Crippen LogP contribution in [0.5, 0.6) is 5.75 Å². The van der Waals surface area contributed by atoms with Gasteiger partial charge in [-0.2, -0.15) is 0 Å². The molecule has 1 aliphatic rings. The molecule has 0 radical (unpaired) electrons. The summed E-state index contributed by atoms with van der Waals surface area (Å²) in [5.74, 6) is -0.832. The third-order valence-corrected chi connectivity index (χ3v) is 6.37. The molecule has 34 heavy (non-hydrogen) atoms. The largest absolute Gasteiger partial charge is 0.507 e. The summed E-state index contributed by atoms with van der Waals surface area (Å²) in [5.41, 5.74) is 4.36. The molecule has 6 heteroatoms. The Kier molecular flexibility index (Phi) is 6.24. The van der Waals surface area contributed by atoms with Gasteiger partial charge in [-0.15, -0.1) is 0 Å². The summed E-state index contributed by atoms with van der Waals surface area (Å²) in [4.78, 5) is 32.6. The molecule has 0 spiro atoms. The van der Waals surface area contributed by atoms with Crippen molar-refractivity contribution in [2.75, 3.05) is 12.0 Å². The predicted molar refractivity (Wildman–Crippen MR) is 132 cm³/mol. The molecular weight excluding hydrogens is 428 g/mol. The average Bonchev–Trinajstić information content (AvgIpc) is 3.10. The number of nitrogens with zero attached hydrogens (tertiary/aromatic N) is 2. The molecule has 1 N–H and O–H groups in total. The van der Waals surface area contributed by atoms with Gasteiger partial charge in [-0.1, -0.05) is 32.0 Å². The molecule has 1 aromatic heterocycles. The van der Waals surface area contributed by atoms with Crippen molar-refractivity contribution < 1.29 is 19.4 Å². The number of hydrogen-bond acceptors (Lipinski definition) is 5. The number of aromatic nitrogens is 1. The first-order valence-electron chi connectivity index (χ1n) is 11.2. The average molecular weight is 457 g/mol. The molecular formula is C28H28N2O4. The van der Waals surface area contributed by atoms with Crippen molar-refractivity contribution in [3.05, 3.63) is 94.3 Å². The number of methoxy groups -OCH3 is 1. The molecule has 1 amide bonds. The molecule has 1 atom stereocenters. The van der Waals surface area contributed by atoms with Crippen molar-refractivity contribution in [3.63, 3.8) is 0 Å². The van der Waals surface area contributed by atoms with Crippen LogP contribution in [0, 0.1) is 13.8 Å². The van der Waals surface area contributed by atoms with Gasteiger partial charge in [-0.05, 0) is 72.9 Å². The zero-order valence-corrected chi connectivity index (χ0v) is 20.0. The van der Waals surface area contributed by atoms with Crippen LogP contribution in [0.2, 0.25) is 0 Å². The van der Waals surface area contributed by atoms with Gasteiger partial charge in [0.05, 0.1) is 18.4 Å². The zero-order chi connectivity index (χ0) is 24.6. The number of carbonyl (C=O) groups excluding carboxylic acids is 2. The fourth-order valence-corrected chi connectivity index (χ4v) is 4.38. The normalized spacial score (nSPS) is 17.5. The number of ketones is 1. The minimum atomic E-state index is -0.855. The number of amides is 1. The molecule has 1 aliphatic heterocycles. The first kappa shape index (κ1) is 23.2. The molecule has 1 unspecified atom stereocenters. The van der Waals surface area contributed by atoms with Crippen molar-refractivity contribution in [3.8, 4) is 5.75 Å². The van der Waals surface area contributed by atoms with Gasteiger partial charge >= 0.3 is 0 Å². The van der Waals surface area contributed by atoms with Gasteiger partial charge in [0.15, 0.2) is 0 Å². The van der Waals surface area contributed by atoms with E-state index < -0.39 is 17.7 Å². The Hall–Kier alpha value is -3.93. The number of rotatable bonds is 5. The third-order valence-electron chi connectivity index (χ3n) is 6.37. The molecule has 1 saturated heterocycles. The van der Waals surface area contributed by atoms with E-state index in [1.54, 1.807) is 49.7 Å². The second-order valence-corrected chi connectivity index (χ2v) is 8.75. The Labute approximate surface area is 199 Å². The van der Waals surface area contributed by atoms with Crippen LogP contribution < -0.4 is 9.64 Å². The summed E-state index contributed by atoms with van der Waals surface area (Å²) in [5, 5.41) is 11.4. The van der Waals surface area contributed by atoms with Crippen LogP contribution in [-0.4, -0.2) is 28.9 Å². The van der Waals surface area contributed by atoms with E-state index in [-0.39, 0.29) is 17.3 Å². The van der Waals surface area contributed by atoms with E-state index in [0.29, 0.717) is 22.7 Å². The molecule has 0 bridgehead atoms. The Morgan fingerprint density at radius 1 is 1.06 bits per heavy atom. The lowest BCUT2D eigenvalue weighted by atomic mass is 9.94. The summed E-state index contributed by atoms with van der Waals surface area (Å²) in [6, 6.07) is 15.4. The quantitative estimate of drug-likeness (QED) is 0.313. The topological polar surface area (TPSA) is 79.7 Å². The maximum atomic E-state index is 13.4. The third kappa shape index (κ3) is 3.85. The lowest BCUT2D eigenvalue weighted by Crippen LogP contribution is -2.30. The van der Waals surface area contributed by atoms with E-state index in [4.69, 9.17) is 4.74 Å². The van der Waals surface area contributed by atoms with Gasteiger partial charge in [0.1, 0.15) is 17.6 Å². The van der Waals surface area contributed by atoms with E-state index in [2.05, 4.69) is 4.98 Å². The number of benzene rings is 2. The molecule has 2 aromatic carbocycles. The highest BCUT2D eigenvalue weighted by molar-refractivity contribution is 6.51. The number of hydrogen-bond donors (Lipinski definition) is 1. The highest BCUT2D eigenvalue weighted by atomic mass is 16.5. The molecule has 0 aliphatic carbocycles. The standard InChI is InChI=1S/C28H28N2O4/c1-16(2)20-15-19(12-13-23(20)34-5)26(31)24-25(21-10-6-7-14-29-21)30(28(33)27(24)32)22-11-8-9-17(3)18(22)4/h6-16,25,31H,1-5H3/b26-24+. The number of anilines is 1. The van der Waals surface area contributed by atoms with Gasteiger partial charge in [0.2, 0.25) is 0 Å². The minimum absolute atomic E-state index is 0.0180. The van der Waals surface area contributed by atoms with Crippen molar-refractivity contribution >= 4 is 23.1 Å². The van der Waals surface area contributed by atoms with Crippen LogP contribution in [0.15, 0.2) is 66.4 Å². The first-order chi connectivity index (χ1) is 16.3. The smallest absolute Gasteiger partial charge is 0.300 e. The molecule has 3 aromatic rings. The van der Waals surface area contributed by atoms with E-state index in [1.165, 1.54) is 4.90 Å². The van der Waals surface area contributed by atoms with Crippen molar-refractivity contribution in [2.24, 2.45) is 0 Å². The van der Waals surface area contributed by atoms with E-state index >= 15 is 0 Å². The molecule has 4 rings (SSSR count). The Bertz CT molecular complexity index is 1300. The summed E-state index contributed by atoms with van der Waals surface area (Å²) >= 11 is 0. The number of Topliss-reactive ketones (excluding diaryl/α,β-unsaturated/α-hetero) is 1. The number of carbonyl (C=O) groups is 2. The summed E-state index contributed by atoms with van der Waals surface area (Å²) < 4.78 is 5.46. The van der Waals surface area contributed by atoms with Crippen LogP contribution >= 0.6 is 0 Å². The maximum absolute atomic E-state index is 13.4. The zero-order valence-electron chi connectivity index (χ0n) is 20.0. The molecule has 2 heterocycles. The number of aliphatic hydroxyl groups is 1. The number of pyridine rings is 1. The van der Waals surface area contributed by atoms with Gasteiger partial charge < -0.3 is 9.84 Å².